The van der Waals surface area contributed by atoms with Gasteiger partial charge in [0.25, 0.3) is 5.91 Å². The SMILES string of the molecule is COC(CNC(=O)COc1ccnc2c1CCCC2)OC. The van der Waals surface area contributed by atoms with E-state index in [-0.39, 0.29) is 12.5 Å². The zero-order chi connectivity index (χ0) is 15.1. The van der Waals surface area contributed by atoms with Crippen molar-refractivity contribution in [1.82, 2.24) is 10.3 Å². The molecule has 6 heteroatoms. The molecule has 1 aliphatic rings. The maximum absolute atomic E-state index is 11.8. The third-order valence-electron chi connectivity index (χ3n) is 3.54. The molecule has 1 aromatic rings. The molecule has 0 atom stereocenters. The average Bonchev–Trinajstić information content (AvgIpc) is 2.53. The molecule has 2 rings (SSSR count). The Kier molecular flexibility index (Phi) is 5.95. The average molecular weight is 294 g/mol. The number of carbonyl (C=O) groups excluding carboxylic acids is 1. The predicted octanol–water partition coefficient (Wildman–Crippen LogP) is 1.07. The largest absolute Gasteiger partial charge is 0.483 e. The lowest BCUT2D eigenvalue weighted by Crippen LogP contribution is -2.36. The molecule has 1 aromatic heterocycles. The number of aryl methyl sites for hydroxylation is 1. The molecule has 0 spiro atoms. The lowest BCUT2D eigenvalue weighted by molar-refractivity contribution is -0.129. The topological polar surface area (TPSA) is 69.7 Å². The Labute approximate surface area is 124 Å². The molecule has 0 bridgehead atoms. The van der Waals surface area contributed by atoms with Gasteiger partial charge in [0.05, 0.1) is 6.54 Å². The first-order valence-corrected chi connectivity index (χ1v) is 7.16. The normalized spacial score (nSPS) is 13.9. The minimum atomic E-state index is -0.442. The minimum absolute atomic E-state index is 0.0173. The Morgan fingerprint density at radius 2 is 2.10 bits per heavy atom. The molecule has 0 saturated heterocycles. The molecular formula is C15H22N2O4. The van der Waals surface area contributed by atoms with Crippen LogP contribution in [0.5, 0.6) is 5.75 Å². The van der Waals surface area contributed by atoms with E-state index in [1.165, 1.54) is 20.6 Å². The van der Waals surface area contributed by atoms with E-state index in [1.807, 2.05) is 6.07 Å². The number of nitrogens with zero attached hydrogens (tertiary/aromatic N) is 1. The third kappa shape index (κ3) is 4.41. The number of fused-ring (bicyclic) bond motifs is 1. The first-order valence-electron chi connectivity index (χ1n) is 7.16. The molecule has 0 aliphatic heterocycles. The first kappa shape index (κ1) is 15.7. The van der Waals surface area contributed by atoms with Crippen molar-refractivity contribution in [2.45, 2.75) is 32.0 Å². The van der Waals surface area contributed by atoms with Crippen molar-refractivity contribution >= 4 is 5.91 Å². The zero-order valence-corrected chi connectivity index (χ0v) is 12.6. The number of rotatable bonds is 7. The van der Waals surface area contributed by atoms with Crippen LogP contribution in [0.25, 0.3) is 0 Å². The van der Waals surface area contributed by atoms with Gasteiger partial charge in [-0.05, 0) is 31.7 Å². The van der Waals surface area contributed by atoms with E-state index < -0.39 is 6.29 Å². The standard InChI is InChI=1S/C15H22N2O4/c1-19-15(20-2)9-17-14(18)10-21-13-7-8-16-12-6-4-3-5-11(12)13/h7-8,15H,3-6,9-10H2,1-2H3,(H,17,18). The number of carbonyl (C=O) groups is 1. The van der Waals surface area contributed by atoms with Gasteiger partial charge in [-0.15, -0.1) is 0 Å². The Hall–Kier alpha value is -1.66. The van der Waals surface area contributed by atoms with Crippen molar-refractivity contribution in [1.29, 1.82) is 0 Å². The van der Waals surface area contributed by atoms with Gasteiger partial charge in [0.2, 0.25) is 0 Å². The molecule has 0 fully saturated rings. The lowest BCUT2D eigenvalue weighted by atomic mass is 9.95. The van der Waals surface area contributed by atoms with E-state index in [1.54, 1.807) is 6.20 Å². The van der Waals surface area contributed by atoms with Crippen LogP contribution in [0.15, 0.2) is 12.3 Å². The minimum Gasteiger partial charge on any atom is -0.483 e. The van der Waals surface area contributed by atoms with Crippen molar-refractivity contribution in [3.63, 3.8) is 0 Å². The Balaban J connectivity index is 1.84. The fourth-order valence-corrected chi connectivity index (χ4v) is 2.38. The van der Waals surface area contributed by atoms with Gasteiger partial charge < -0.3 is 19.5 Å². The fraction of sp³-hybridized carbons (Fsp3) is 0.600. The van der Waals surface area contributed by atoms with Crippen molar-refractivity contribution in [3.05, 3.63) is 23.5 Å². The quantitative estimate of drug-likeness (QED) is 0.762. The summed E-state index contributed by atoms with van der Waals surface area (Å²) in [5, 5.41) is 2.71. The molecule has 1 amide bonds. The second-order valence-corrected chi connectivity index (χ2v) is 4.94. The fourth-order valence-electron chi connectivity index (χ4n) is 2.38. The molecule has 1 heterocycles. The van der Waals surface area contributed by atoms with Crippen molar-refractivity contribution in [2.24, 2.45) is 0 Å². The number of pyridine rings is 1. The van der Waals surface area contributed by atoms with Crippen molar-refractivity contribution in [2.75, 3.05) is 27.4 Å². The zero-order valence-electron chi connectivity index (χ0n) is 12.6. The molecule has 116 valence electrons. The van der Waals surface area contributed by atoms with Crippen LogP contribution in [0.3, 0.4) is 0 Å². The van der Waals surface area contributed by atoms with Crippen LogP contribution in [-0.4, -0.2) is 44.6 Å². The maximum atomic E-state index is 11.8. The highest BCUT2D eigenvalue weighted by atomic mass is 16.7. The molecule has 0 unspecified atom stereocenters. The molecule has 1 N–H and O–H groups in total. The number of methoxy groups -OCH3 is 2. The summed E-state index contributed by atoms with van der Waals surface area (Å²) >= 11 is 0. The highest BCUT2D eigenvalue weighted by Crippen LogP contribution is 2.27. The summed E-state index contributed by atoms with van der Waals surface area (Å²) in [4.78, 5) is 16.1. The van der Waals surface area contributed by atoms with Gasteiger partial charge in [-0.2, -0.15) is 0 Å². The highest BCUT2D eigenvalue weighted by molar-refractivity contribution is 5.77. The van der Waals surface area contributed by atoms with E-state index in [2.05, 4.69) is 10.3 Å². The number of aromatic nitrogens is 1. The van der Waals surface area contributed by atoms with Crippen LogP contribution in [0.1, 0.15) is 24.1 Å². The molecule has 1 aliphatic carbocycles. The van der Waals surface area contributed by atoms with Gasteiger partial charge in [-0.25, -0.2) is 0 Å². The van der Waals surface area contributed by atoms with Gasteiger partial charge in [-0.3, -0.25) is 9.78 Å². The molecule has 6 nitrogen and oxygen atoms in total. The second kappa shape index (κ2) is 7.95. The van der Waals surface area contributed by atoms with Crippen LogP contribution >= 0.6 is 0 Å². The molecule has 0 radical (unpaired) electrons. The van der Waals surface area contributed by atoms with E-state index in [4.69, 9.17) is 14.2 Å². The predicted molar refractivity (Wildman–Crippen MR) is 77.2 cm³/mol. The Bertz CT molecular complexity index is 475. The van der Waals surface area contributed by atoms with Crippen LogP contribution in [0, 0.1) is 0 Å². The summed E-state index contributed by atoms with van der Waals surface area (Å²) in [5.74, 6) is 0.570. The van der Waals surface area contributed by atoms with E-state index in [9.17, 15) is 4.79 Å². The van der Waals surface area contributed by atoms with E-state index >= 15 is 0 Å². The number of amides is 1. The summed E-state index contributed by atoms with van der Waals surface area (Å²) in [7, 11) is 3.06. The first-order chi connectivity index (χ1) is 10.2. The van der Waals surface area contributed by atoms with Crippen LogP contribution in [0.4, 0.5) is 0 Å². The lowest BCUT2D eigenvalue weighted by Gasteiger charge is -2.18. The highest BCUT2D eigenvalue weighted by Gasteiger charge is 2.16. The third-order valence-corrected chi connectivity index (χ3v) is 3.54. The number of hydrogen-bond acceptors (Lipinski definition) is 5. The van der Waals surface area contributed by atoms with Crippen molar-refractivity contribution < 1.29 is 19.0 Å². The van der Waals surface area contributed by atoms with Crippen LogP contribution in [-0.2, 0) is 27.1 Å². The Morgan fingerprint density at radius 1 is 1.33 bits per heavy atom. The van der Waals surface area contributed by atoms with Crippen LogP contribution < -0.4 is 10.1 Å². The number of ether oxygens (including phenoxy) is 3. The summed E-state index contributed by atoms with van der Waals surface area (Å²) in [6.45, 7) is 0.278. The smallest absolute Gasteiger partial charge is 0.258 e. The van der Waals surface area contributed by atoms with Gasteiger partial charge in [0, 0.05) is 31.7 Å². The molecule has 0 saturated carbocycles. The maximum Gasteiger partial charge on any atom is 0.258 e. The summed E-state index contributed by atoms with van der Waals surface area (Å²) in [5.41, 5.74) is 2.24. The van der Waals surface area contributed by atoms with Gasteiger partial charge >= 0.3 is 0 Å². The number of hydrogen-bond donors (Lipinski definition) is 1. The number of nitrogens with one attached hydrogen (secondary N) is 1. The molecule has 21 heavy (non-hydrogen) atoms. The summed E-state index contributed by atoms with van der Waals surface area (Å²) in [6, 6.07) is 1.82. The van der Waals surface area contributed by atoms with E-state index in [0.29, 0.717) is 6.54 Å². The van der Waals surface area contributed by atoms with Gasteiger partial charge in [-0.1, -0.05) is 0 Å². The van der Waals surface area contributed by atoms with Gasteiger partial charge in [0.15, 0.2) is 12.9 Å². The van der Waals surface area contributed by atoms with Crippen LogP contribution in [0.2, 0.25) is 0 Å². The second-order valence-electron chi connectivity index (χ2n) is 4.94. The molecular weight excluding hydrogens is 272 g/mol. The molecule has 0 aromatic carbocycles. The summed E-state index contributed by atoms with van der Waals surface area (Å²) in [6.07, 6.45) is 5.56. The van der Waals surface area contributed by atoms with Crippen molar-refractivity contribution in [3.8, 4) is 5.75 Å². The monoisotopic (exact) mass is 294 g/mol. The Morgan fingerprint density at radius 3 is 2.86 bits per heavy atom. The van der Waals surface area contributed by atoms with Gasteiger partial charge in [0.1, 0.15) is 5.75 Å². The van der Waals surface area contributed by atoms with E-state index in [0.717, 1.165) is 36.3 Å². The summed E-state index contributed by atoms with van der Waals surface area (Å²) < 4.78 is 15.6.